The van der Waals surface area contributed by atoms with Crippen molar-refractivity contribution >= 4 is 60.8 Å². The number of fused-ring (bicyclic) bond motifs is 4. The van der Waals surface area contributed by atoms with Crippen molar-refractivity contribution in [3.63, 3.8) is 0 Å². The lowest BCUT2D eigenvalue weighted by Gasteiger charge is -2.37. The first-order chi connectivity index (χ1) is 25.7. The SMILES string of the molecule is C[C@H]1CN(C(=O)OCCOCCc2nc(N3C[C@@H](O)C[C@H]3C(=O)OC(C)(C)C)c3oc4ccccc4c3n2)CC[C@@H]1n1c(S(C)(=O)=O)nc2ccccc21. The van der Waals surface area contributed by atoms with Crippen LogP contribution in [0.15, 0.2) is 58.1 Å². The Morgan fingerprint density at radius 3 is 2.52 bits per heavy atom. The van der Waals surface area contributed by atoms with E-state index >= 15 is 0 Å². The maximum atomic E-state index is 13.2. The highest BCUT2D eigenvalue weighted by molar-refractivity contribution is 7.90. The number of hydrogen-bond donors (Lipinski definition) is 1. The van der Waals surface area contributed by atoms with Gasteiger partial charge in [-0.15, -0.1) is 0 Å². The van der Waals surface area contributed by atoms with Crippen LogP contribution in [0.1, 0.15) is 52.4 Å². The van der Waals surface area contributed by atoms with E-state index in [2.05, 4.69) is 4.98 Å². The zero-order chi connectivity index (χ0) is 38.4. The predicted octanol–water partition coefficient (Wildman–Crippen LogP) is 4.69. The molecule has 0 spiro atoms. The monoisotopic (exact) mass is 762 g/mol. The number of benzene rings is 2. The van der Waals surface area contributed by atoms with Crippen LogP contribution in [0.2, 0.25) is 0 Å². The van der Waals surface area contributed by atoms with E-state index in [1.807, 2.05) is 49.4 Å². The molecule has 288 valence electrons. The first-order valence-electron chi connectivity index (χ1n) is 18.2. The first-order valence-corrected chi connectivity index (χ1v) is 20.1. The molecule has 16 heteroatoms. The molecule has 3 aromatic heterocycles. The van der Waals surface area contributed by atoms with Gasteiger partial charge in [0.25, 0.3) is 0 Å². The molecule has 2 aliphatic rings. The van der Waals surface area contributed by atoms with Crippen LogP contribution in [0.3, 0.4) is 0 Å². The fourth-order valence-electron chi connectivity index (χ4n) is 7.40. The standard InChI is InChI=1S/C38H46N6O9S/c1-23-21-42(16-14-27(23)44-28-12-8-7-11-26(28)39-36(44)54(5,48)49)37(47)51-19-18-50-17-15-31-40-32-25-10-6-9-13-30(25)52-33(32)34(41-31)43-22-24(45)20-29(43)35(46)53-38(2,3)4/h6-13,23-24,27,29,45H,14-22H2,1-5H3/t23-,24-,27-,29-/m0/s1. The Kier molecular flexibility index (Phi) is 10.3. The van der Waals surface area contributed by atoms with E-state index in [-0.39, 0.29) is 49.9 Å². The van der Waals surface area contributed by atoms with Gasteiger partial charge in [-0.3, -0.25) is 0 Å². The van der Waals surface area contributed by atoms with Gasteiger partial charge in [-0.2, -0.15) is 0 Å². The van der Waals surface area contributed by atoms with Crippen molar-refractivity contribution in [1.29, 1.82) is 0 Å². The minimum atomic E-state index is -3.58. The van der Waals surface area contributed by atoms with E-state index < -0.39 is 39.6 Å². The summed E-state index contributed by atoms with van der Waals surface area (Å²) in [5.74, 6) is 0.359. The molecular formula is C38H46N6O9S. The van der Waals surface area contributed by atoms with E-state index in [0.717, 1.165) is 17.2 Å². The molecule has 4 atom stereocenters. The van der Waals surface area contributed by atoms with Crippen LogP contribution in [0.4, 0.5) is 10.6 Å². The molecule has 0 unspecified atom stereocenters. The number of anilines is 1. The molecule has 2 aromatic carbocycles. The third kappa shape index (κ3) is 7.72. The molecule has 15 nitrogen and oxygen atoms in total. The number of nitrogens with zero attached hydrogens (tertiary/aromatic N) is 6. The number of ether oxygens (including phenoxy) is 3. The second-order valence-electron chi connectivity index (χ2n) is 15.1. The molecule has 5 heterocycles. The van der Waals surface area contributed by atoms with Gasteiger partial charge in [-0.05, 0) is 57.4 Å². The number of piperidine rings is 1. The molecule has 0 radical (unpaired) electrons. The largest absolute Gasteiger partial charge is 0.458 e. The summed E-state index contributed by atoms with van der Waals surface area (Å²) in [7, 11) is -3.58. The van der Waals surface area contributed by atoms with Crippen LogP contribution < -0.4 is 4.90 Å². The van der Waals surface area contributed by atoms with E-state index in [1.54, 1.807) is 41.2 Å². The van der Waals surface area contributed by atoms with Crippen LogP contribution in [-0.2, 0) is 35.3 Å². The van der Waals surface area contributed by atoms with Crippen molar-refractivity contribution in [3.05, 3.63) is 54.4 Å². The van der Waals surface area contributed by atoms with Crippen molar-refractivity contribution < 1.29 is 41.7 Å². The average Bonchev–Trinajstić information content (AvgIpc) is 3.82. The fourth-order valence-corrected chi connectivity index (χ4v) is 8.26. The van der Waals surface area contributed by atoms with Gasteiger partial charge in [0.05, 0.1) is 30.4 Å². The summed E-state index contributed by atoms with van der Waals surface area (Å²) in [5.41, 5.74) is 2.30. The van der Waals surface area contributed by atoms with Gasteiger partial charge in [-0.1, -0.05) is 31.2 Å². The van der Waals surface area contributed by atoms with E-state index in [1.165, 1.54) is 0 Å². The zero-order valence-electron chi connectivity index (χ0n) is 31.1. The summed E-state index contributed by atoms with van der Waals surface area (Å²) in [5, 5.41) is 11.5. The summed E-state index contributed by atoms with van der Waals surface area (Å²) >= 11 is 0. The number of amides is 1. The smallest absolute Gasteiger partial charge is 0.409 e. The Morgan fingerprint density at radius 2 is 1.76 bits per heavy atom. The summed E-state index contributed by atoms with van der Waals surface area (Å²) in [6.45, 7) is 8.80. The predicted molar refractivity (Wildman–Crippen MR) is 200 cm³/mol. The number of aliphatic hydroxyl groups excluding tert-OH is 1. The molecule has 2 fully saturated rings. The number of hydrogen-bond acceptors (Lipinski definition) is 13. The average molecular weight is 763 g/mol. The van der Waals surface area contributed by atoms with Crippen molar-refractivity contribution in [2.75, 3.05) is 50.6 Å². The second-order valence-corrected chi connectivity index (χ2v) is 17.0. The molecule has 1 N–H and O–H groups in total. The third-order valence-electron chi connectivity index (χ3n) is 9.75. The Morgan fingerprint density at radius 1 is 1.00 bits per heavy atom. The van der Waals surface area contributed by atoms with E-state index in [9.17, 15) is 23.1 Å². The second kappa shape index (κ2) is 14.8. The number of aromatic nitrogens is 4. The van der Waals surface area contributed by atoms with Crippen LogP contribution in [0.25, 0.3) is 33.1 Å². The minimum Gasteiger partial charge on any atom is -0.458 e. The quantitative estimate of drug-likeness (QED) is 0.153. The van der Waals surface area contributed by atoms with E-state index in [4.69, 9.17) is 28.6 Å². The maximum Gasteiger partial charge on any atom is 0.409 e. The number of furan rings is 1. The summed E-state index contributed by atoms with van der Waals surface area (Å²) in [6.07, 6.45) is 1.01. The lowest BCUT2D eigenvalue weighted by molar-refractivity contribution is -0.156. The molecule has 2 aliphatic heterocycles. The van der Waals surface area contributed by atoms with E-state index in [0.29, 0.717) is 59.8 Å². The van der Waals surface area contributed by atoms with Crippen LogP contribution in [0, 0.1) is 5.92 Å². The van der Waals surface area contributed by atoms with Crippen LogP contribution in [-0.4, -0.2) is 113 Å². The summed E-state index contributed by atoms with van der Waals surface area (Å²) in [6, 6.07) is 14.0. The first kappa shape index (κ1) is 37.5. The molecule has 54 heavy (non-hydrogen) atoms. The number of aliphatic hydroxyl groups is 1. The maximum absolute atomic E-state index is 13.2. The van der Waals surface area contributed by atoms with Crippen molar-refractivity contribution in [2.24, 2.45) is 5.92 Å². The van der Waals surface area contributed by atoms with Crippen LogP contribution in [0.5, 0.6) is 0 Å². The van der Waals surface area contributed by atoms with Gasteiger partial charge in [0.15, 0.2) is 11.4 Å². The van der Waals surface area contributed by atoms with Gasteiger partial charge < -0.3 is 38.1 Å². The number of imidazole rings is 1. The number of esters is 1. The van der Waals surface area contributed by atoms with Crippen molar-refractivity contribution in [1.82, 2.24) is 24.4 Å². The van der Waals surface area contributed by atoms with Gasteiger partial charge >= 0.3 is 12.1 Å². The summed E-state index contributed by atoms with van der Waals surface area (Å²) < 4.78 is 50.4. The molecule has 0 aliphatic carbocycles. The minimum absolute atomic E-state index is 0.0354. The molecule has 0 saturated carbocycles. The number of likely N-dealkylation sites (tertiary alicyclic amines) is 1. The number of rotatable bonds is 10. The highest BCUT2D eigenvalue weighted by Gasteiger charge is 2.41. The molecular weight excluding hydrogens is 717 g/mol. The normalized spacial score (nSPS) is 21.0. The van der Waals surface area contributed by atoms with Gasteiger partial charge in [0.2, 0.25) is 15.0 Å². The Bertz CT molecular complexity index is 2300. The molecule has 7 rings (SSSR count). The van der Waals surface area contributed by atoms with Crippen molar-refractivity contribution in [3.8, 4) is 0 Å². The topological polar surface area (TPSA) is 179 Å². The van der Waals surface area contributed by atoms with Gasteiger partial charge in [0, 0.05) is 50.2 Å². The number of carbonyl (C=O) groups is 2. The fraction of sp³-hybridized carbons (Fsp3) is 0.500. The molecule has 1 amide bonds. The number of carbonyl (C=O) groups excluding carboxylic acids is 2. The Balaban J connectivity index is 0.966. The highest BCUT2D eigenvalue weighted by Crippen LogP contribution is 2.37. The molecule has 2 saturated heterocycles. The lowest BCUT2D eigenvalue weighted by atomic mass is 9.93. The number of sulfone groups is 1. The Labute approximate surface area is 313 Å². The highest BCUT2D eigenvalue weighted by atomic mass is 32.2. The van der Waals surface area contributed by atoms with Crippen molar-refractivity contribution in [2.45, 2.75) is 75.9 Å². The lowest BCUT2D eigenvalue weighted by Crippen LogP contribution is -2.44. The van der Waals surface area contributed by atoms with Crippen LogP contribution >= 0.6 is 0 Å². The van der Waals surface area contributed by atoms with Gasteiger partial charge in [0.1, 0.15) is 35.2 Å². The summed E-state index contributed by atoms with van der Waals surface area (Å²) in [4.78, 5) is 43.7. The number of para-hydroxylation sites is 3. The Hall–Kier alpha value is -4.80. The third-order valence-corrected chi connectivity index (χ3v) is 10.7. The molecule has 5 aromatic rings. The molecule has 0 bridgehead atoms. The number of β-amino-alcohol motifs (C(OH)–C–C–N with tert-alkyl or cyclic N) is 1. The zero-order valence-corrected chi connectivity index (χ0v) is 31.9. The van der Waals surface area contributed by atoms with Gasteiger partial charge in [-0.25, -0.2) is 33.0 Å².